The van der Waals surface area contributed by atoms with E-state index in [9.17, 15) is 0 Å². The second-order valence-corrected chi connectivity index (χ2v) is 10.2. The summed E-state index contributed by atoms with van der Waals surface area (Å²) >= 11 is 8.80. The van der Waals surface area contributed by atoms with Gasteiger partial charge in [0, 0.05) is 39.0 Å². The minimum Gasteiger partial charge on any atom is -0.359 e. The summed E-state index contributed by atoms with van der Waals surface area (Å²) in [6, 6.07) is 9.06. The van der Waals surface area contributed by atoms with E-state index in [1.54, 1.807) is 10.4 Å². The van der Waals surface area contributed by atoms with Gasteiger partial charge in [0.25, 0.3) is 0 Å². The minimum absolute atomic E-state index is 0.328. The molecule has 1 aliphatic heterocycles. The molecular formula is C24H28ClNS. The van der Waals surface area contributed by atoms with Gasteiger partial charge in [-0.15, -0.1) is 11.3 Å². The largest absolute Gasteiger partial charge is 0.359 e. The van der Waals surface area contributed by atoms with Gasteiger partial charge in [-0.2, -0.15) is 0 Å². The maximum Gasteiger partial charge on any atom is 0.0996 e. The zero-order chi connectivity index (χ0) is 18.8. The third-order valence-corrected chi connectivity index (χ3v) is 8.50. The lowest BCUT2D eigenvalue weighted by molar-refractivity contribution is 0.443. The van der Waals surface area contributed by atoms with Gasteiger partial charge in [0.15, 0.2) is 0 Å². The van der Waals surface area contributed by atoms with Gasteiger partial charge in [0.2, 0.25) is 0 Å². The third kappa shape index (κ3) is 2.63. The Bertz CT molecular complexity index is 920. The predicted octanol–water partition coefficient (Wildman–Crippen LogP) is 6.97. The molecule has 0 N–H and O–H groups in total. The fraction of sp³-hybridized carbons (Fsp3) is 0.500. The fourth-order valence-corrected chi connectivity index (χ4v) is 7.36. The fourth-order valence-electron chi connectivity index (χ4n) is 5.51. The first-order chi connectivity index (χ1) is 13.1. The predicted molar refractivity (Wildman–Crippen MR) is 118 cm³/mol. The summed E-state index contributed by atoms with van der Waals surface area (Å²) in [5, 5.41) is 2.39. The molecule has 2 heterocycles. The monoisotopic (exact) mass is 397 g/mol. The zero-order valence-corrected chi connectivity index (χ0v) is 18.1. The molecule has 1 saturated carbocycles. The van der Waals surface area contributed by atoms with Gasteiger partial charge in [-0.25, -0.2) is 0 Å². The van der Waals surface area contributed by atoms with E-state index in [1.165, 1.54) is 53.8 Å². The molecule has 2 aromatic rings. The molecular weight excluding hydrogens is 370 g/mol. The van der Waals surface area contributed by atoms with Crippen LogP contribution in [0, 0.1) is 11.3 Å². The molecule has 1 nitrogen and oxygen atoms in total. The van der Waals surface area contributed by atoms with Crippen molar-refractivity contribution in [3.8, 4) is 0 Å². The van der Waals surface area contributed by atoms with Crippen LogP contribution in [-0.2, 0) is 12.8 Å². The van der Waals surface area contributed by atoms with Crippen LogP contribution < -0.4 is 4.90 Å². The van der Waals surface area contributed by atoms with Crippen molar-refractivity contribution < 1.29 is 0 Å². The zero-order valence-electron chi connectivity index (χ0n) is 16.5. The SMILES string of the molecule is CCC1N(CC)c2sc3c(c2C(c2ccccc2Cl)=CC12CC2)C[C@H](C)C3. The van der Waals surface area contributed by atoms with Crippen LogP contribution in [0.15, 0.2) is 30.3 Å². The molecule has 142 valence electrons. The van der Waals surface area contributed by atoms with E-state index in [-0.39, 0.29) is 0 Å². The van der Waals surface area contributed by atoms with E-state index < -0.39 is 0 Å². The average molecular weight is 398 g/mol. The first-order valence-electron chi connectivity index (χ1n) is 10.5. The Morgan fingerprint density at radius 3 is 2.63 bits per heavy atom. The number of rotatable bonds is 3. The molecule has 27 heavy (non-hydrogen) atoms. The van der Waals surface area contributed by atoms with E-state index in [4.69, 9.17) is 11.6 Å². The maximum absolute atomic E-state index is 6.73. The van der Waals surface area contributed by atoms with Crippen molar-refractivity contribution in [2.75, 3.05) is 11.4 Å². The second kappa shape index (κ2) is 6.39. The second-order valence-electron chi connectivity index (χ2n) is 8.68. The summed E-state index contributed by atoms with van der Waals surface area (Å²) in [6.07, 6.45) is 8.91. The number of halogens is 1. The normalized spacial score (nSPS) is 25.2. The molecule has 2 atom stereocenters. The Morgan fingerprint density at radius 2 is 1.96 bits per heavy atom. The Hall–Kier alpha value is -1.25. The average Bonchev–Trinajstić information content (AvgIpc) is 3.25. The smallest absolute Gasteiger partial charge is 0.0996 e. The number of benzene rings is 1. The van der Waals surface area contributed by atoms with Crippen LogP contribution in [0.3, 0.4) is 0 Å². The lowest BCUT2D eigenvalue weighted by Crippen LogP contribution is -2.40. The summed E-state index contributed by atoms with van der Waals surface area (Å²) in [4.78, 5) is 4.35. The number of thiophene rings is 1. The maximum atomic E-state index is 6.73. The van der Waals surface area contributed by atoms with Crippen molar-refractivity contribution in [2.45, 2.75) is 58.9 Å². The topological polar surface area (TPSA) is 3.24 Å². The molecule has 1 spiro atoms. The van der Waals surface area contributed by atoms with E-state index >= 15 is 0 Å². The highest BCUT2D eigenvalue weighted by atomic mass is 35.5. The van der Waals surface area contributed by atoms with Crippen LogP contribution in [0.5, 0.6) is 0 Å². The Labute approximate surface area is 172 Å². The lowest BCUT2D eigenvalue weighted by Gasteiger charge is -2.35. The Morgan fingerprint density at radius 1 is 1.19 bits per heavy atom. The quantitative estimate of drug-likeness (QED) is 0.540. The number of hydrogen-bond acceptors (Lipinski definition) is 2. The van der Waals surface area contributed by atoms with Crippen molar-refractivity contribution in [3.63, 3.8) is 0 Å². The lowest BCUT2D eigenvalue weighted by atomic mass is 9.88. The van der Waals surface area contributed by atoms with E-state index in [1.807, 2.05) is 12.1 Å². The van der Waals surface area contributed by atoms with Gasteiger partial charge in [-0.05, 0) is 62.1 Å². The van der Waals surface area contributed by atoms with Crippen LogP contribution in [0.2, 0.25) is 5.02 Å². The number of anilines is 1. The molecule has 1 unspecified atom stereocenters. The molecule has 2 aliphatic carbocycles. The van der Waals surface area contributed by atoms with Crippen molar-refractivity contribution >= 4 is 33.5 Å². The van der Waals surface area contributed by atoms with E-state index in [0.717, 1.165) is 17.5 Å². The third-order valence-electron chi connectivity index (χ3n) is 6.88. The van der Waals surface area contributed by atoms with Crippen molar-refractivity contribution in [1.82, 2.24) is 0 Å². The number of nitrogens with zero attached hydrogens (tertiary/aromatic N) is 1. The summed E-state index contributed by atoms with van der Waals surface area (Å²) in [6.45, 7) is 8.18. The molecule has 1 aromatic carbocycles. The highest BCUT2D eigenvalue weighted by Gasteiger charge is 2.52. The van der Waals surface area contributed by atoms with Crippen LogP contribution in [0.4, 0.5) is 5.00 Å². The molecule has 0 amide bonds. The van der Waals surface area contributed by atoms with E-state index in [0.29, 0.717) is 11.5 Å². The molecule has 0 saturated heterocycles. The minimum atomic E-state index is 0.328. The van der Waals surface area contributed by atoms with E-state index in [2.05, 4.69) is 55.2 Å². The molecule has 3 heteroatoms. The van der Waals surface area contributed by atoms with Crippen molar-refractivity contribution in [3.05, 3.63) is 56.9 Å². The van der Waals surface area contributed by atoms with Crippen LogP contribution in [0.1, 0.15) is 61.6 Å². The van der Waals surface area contributed by atoms with Crippen molar-refractivity contribution in [1.29, 1.82) is 0 Å². The van der Waals surface area contributed by atoms with Crippen LogP contribution in [-0.4, -0.2) is 12.6 Å². The van der Waals surface area contributed by atoms with Gasteiger partial charge >= 0.3 is 0 Å². The first-order valence-corrected chi connectivity index (χ1v) is 11.7. The summed E-state index contributed by atoms with van der Waals surface area (Å²) in [5.41, 5.74) is 6.08. The van der Waals surface area contributed by atoms with Gasteiger partial charge in [0.05, 0.1) is 5.00 Å². The molecule has 5 rings (SSSR count). The Kier molecular flexibility index (Phi) is 4.22. The molecule has 1 aromatic heterocycles. The summed E-state index contributed by atoms with van der Waals surface area (Å²) < 4.78 is 0. The first kappa shape index (κ1) is 17.8. The molecule has 0 bridgehead atoms. The van der Waals surface area contributed by atoms with Gasteiger partial charge in [0.1, 0.15) is 0 Å². The summed E-state index contributed by atoms with van der Waals surface area (Å²) in [5.74, 6) is 0.763. The van der Waals surface area contributed by atoms with Gasteiger partial charge < -0.3 is 4.90 Å². The molecule has 3 aliphatic rings. The van der Waals surface area contributed by atoms with Crippen LogP contribution in [0.25, 0.3) is 5.57 Å². The van der Waals surface area contributed by atoms with Crippen LogP contribution >= 0.6 is 22.9 Å². The molecule has 0 radical (unpaired) electrons. The van der Waals surface area contributed by atoms with Gasteiger partial charge in [-0.1, -0.05) is 49.7 Å². The standard InChI is InChI=1S/C24H28ClNS/c1-4-21-24(10-11-24)14-18(16-8-6-7-9-19(16)25)22-17-12-15(3)13-20(17)27-23(22)26(21)5-2/h6-9,14-15,21H,4-5,10-13H2,1-3H3/t15-,21?/m0/s1. The van der Waals surface area contributed by atoms with Crippen molar-refractivity contribution in [2.24, 2.45) is 11.3 Å². The molecule has 1 fully saturated rings. The highest BCUT2D eigenvalue weighted by Crippen LogP contribution is 2.60. The highest BCUT2D eigenvalue weighted by molar-refractivity contribution is 7.16. The van der Waals surface area contributed by atoms with Gasteiger partial charge in [-0.3, -0.25) is 0 Å². The number of fused-ring (bicyclic) bond motifs is 3. The summed E-state index contributed by atoms with van der Waals surface area (Å²) in [7, 11) is 0. The Balaban J connectivity index is 1.80. The number of hydrogen-bond donors (Lipinski definition) is 0.